The SMILES string of the molecule is COC(=O)[C@H]1C[C@@](C(C)O)([N+](=O)[O-])C1. The molecule has 1 rings (SSSR count). The van der Waals surface area contributed by atoms with Crippen molar-refractivity contribution in [2.24, 2.45) is 5.92 Å². The molecule has 0 heterocycles. The van der Waals surface area contributed by atoms with Crippen molar-refractivity contribution in [1.82, 2.24) is 0 Å². The number of esters is 1. The van der Waals surface area contributed by atoms with E-state index in [-0.39, 0.29) is 12.8 Å². The molecule has 0 bridgehead atoms. The summed E-state index contributed by atoms with van der Waals surface area (Å²) in [5, 5.41) is 20.0. The second-order valence-corrected chi connectivity index (χ2v) is 3.66. The standard InChI is InChI=1S/C8H13NO5/c1-5(10)8(9(12)13)3-6(4-8)7(11)14-2/h5-6,10H,3-4H2,1-2H3/t5?,6-,8+. The Bertz CT molecular complexity index is 256. The Kier molecular flexibility index (Phi) is 2.75. The van der Waals surface area contributed by atoms with Gasteiger partial charge in [-0.2, -0.15) is 0 Å². The second-order valence-electron chi connectivity index (χ2n) is 3.66. The maximum Gasteiger partial charge on any atom is 0.309 e. The molecule has 6 heteroatoms. The van der Waals surface area contributed by atoms with Gasteiger partial charge in [0.25, 0.3) is 0 Å². The molecule has 80 valence electrons. The van der Waals surface area contributed by atoms with Gasteiger partial charge < -0.3 is 9.84 Å². The van der Waals surface area contributed by atoms with Gasteiger partial charge in [-0.25, -0.2) is 0 Å². The van der Waals surface area contributed by atoms with Crippen LogP contribution in [-0.4, -0.2) is 34.8 Å². The fraction of sp³-hybridized carbons (Fsp3) is 0.875. The van der Waals surface area contributed by atoms with Gasteiger partial charge in [0.2, 0.25) is 5.54 Å². The van der Waals surface area contributed by atoms with E-state index in [4.69, 9.17) is 0 Å². The summed E-state index contributed by atoms with van der Waals surface area (Å²) in [6, 6.07) is 0. The maximum absolute atomic E-state index is 11.0. The Morgan fingerprint density at radius 2 is 2.21 bits per heavy atom. The van der Waals surface area contributed by atoms with Crippen LogP contribution in [0.4, 0.5) is 0 Å². The first-order chi connectivity index (χ1) is 6.44. The summed E-state index contributed by atoms with van der Waals surface area (Å²) in [5.74, 6) is -0.886. The van der Waals surface area contributed by atoms with Crippen LogP contribution in [0.1, 0.15) is 19.8 Å². The van der Waals surface area contributed by atoms with Crippen molar-refractivity contribution in [1.29, 1.82) is 0 Å². The van der Waals surface area contributed by atoms with Crippen molar-refractivity contribution in [3.8, 4) is 0 Å². The van der Waals surface area contributed by atoms with E-state index in [2.05, 4.69) is 4.74 Å². The lowest BCUT2D eigenvalue weighted by Gasteiger charge is -2.40. The molecule has 0 amide bonds. The molecule has 0 radical (unpaired) electrons. The zero-order valence-corrected chi connectivity index (χ0v) is 8.10. The van der Waals surface area contributed by atoms with Crippen LogP contribution in [0.25, 0.3) is 0 Å². The van der Waals surface area contributed by atoms with Crippen molar-refractivity contribution in [2.45, 2.75) is 31.4 Å². The first-order valence-electron chi connectivity index (χ1n) is 4.34. The first kappa shape index (κ1) is 10.9. The molecule has 1 saturated carbocycles. The summed E-state index contributed by atoms with van der Waals surface area (Å²) in [6.45, 7) is 1.37. The number of carbonyl (C=O) groups excluding carboxylic acids is 1. The molecule has 1 aliphatic carbocycles. The monoisotopic (exact) mass is 203 g/mol. The van der Waals surface area contributed by atoms with Crippen LogP contribution in [0, 0.1) is 16.0 Å². The molecule has 1 fully saturated rings. The maximum atomic E-state index is 11.0. The lowest BCUT2D eigenvalue weighted by Crippen LogP contribution is -2.59. The summed E-state index contributed by atoms with van der Waals surface area (Å²) in [4.78, 5) is 21.2. The highest BCUT2D eigenvalue weighted by atomic mass is 16.6. The zero-order chi connectivity index (χ0) is 10.9. The highest BCUT2D eigenvalue weighted by Gasteiger charge is 2.61. The van der Waals surface area contributed by atoms with Crippen LogP contribution < -0.4 is 0 Å². The minimum Gasteiger partial charge on any atom is -0.469 e. The third kappa shape index (κ3) is 1.45. The van der Waals surface area contributed by atoms with Crippen LogP contribution >= 0.6 is 0 Å². The Hall–Kier alpha value is -1.17. The molecule has 0 spiro atoms. The van der Waals surface area contributed by atoms with Gasteiger partial charge in [-0.3, -0.25) is 14.9 Å². The lowest BCUT2D eigenvalue weighted by atomic mass is 9.66. The number of aliphatic hydroxyl groups excluding tert-OH is 1. The first-order valence-corrected chi connectivity index (χ1v) is 4.34. The van der Waals surface area contributed by atoms with Crippen molar-refractivity contribution >= 4 is 5.97 Å². The summed E-state index contributed by atoms with van der Waals surface area (Å²) >= 11 is 0. The predicted octanol–water partition coefficient (Wildman–Crippen LogP) is -0.0343. The number of hydrogen-bond donors (Lipinski definition) is 1. The average Bonchev–Trinajstić information content (AvgIpc) is 2.00. The minimum absolute atomic E-state index is 0.0599. The molecule has 14 heavy (non-hydrogen) atoms. The van der Waals surface area contributed by atoms with E-state index in [0.717, 1.165) is 0 Å². The van der Waals surface area contributed by atoms with E-state index in [1.165, 1.54) is 14.0 Å². The second kappa shape index (κ2) is 3.53. The number of ether oxygens (including phenoxy) is 1. The van der Waals surface area contributed by atoms with Crippen LogP contribution in [0.2, 0.25) is 0 Å². The molecular weight excluding hydrogens is 190 g/mol. The Morgan fingerprint density at radius 3 is 2.50 bits per heavy atom. The molecule has 1 aliphatic rings. The molecule has 1 atom stereocenters. The van der Waals surface area contributed by atoms with Gasteiger partial charge in [0, 0.05) is 17.8 Å². The summed E-state index contributed by atoms with van der Waals surface area (Å²) in [7, 11) is 1.25. The quantitative estimate of drug-likeness (QED) is 0.395. The summed E-state index contributed by atoms with van der Waals surface area (Å²) in [5.41, 5.74) is -1.35. The van der Waals surface area contributed by atoms with Gasteiger partial charge in [-0.1, -0.05) is 0 Å². The number of rotatable bonds is 3. The number of carbonyl (C=O) groups is 1. The van der Waals surface area contributed by atoms with Gasteiger partial charge in [0.15, 0.2) is 0 Å². The summed E-state index contributed by atoms with van der Waals surface area (Å²) < 4.78 is 4.46. The molecule has 0 saturated heterocycles. The Morgan fingerprint density at radius 1 is 1.71 bits per heavy atom. The van der Waals surface area contributed by atoms with E-state index in [1.807, 2.05) is 0 Å². The van der Waals surface area contributed by atoms with Crippen LogP contribution in [0.5, 0.6) is 0 Å². The molecular formula is C8H13NO5. The van der Waals surface area contributed by atoms with Crippen LogP contribution in [0.15, 0.2) is 0 Å². The fourth-order valence-electron chi connectivity index (χ4n) is 1.77. The topological polar surface area (TPSA) is 89.7 Å². The third-order valence-electron chi connectivity index (χ3n) is 2.88. The zero-order valence-electron chi connectivity index (χ0n) is 8.10. The normalized spacial score (nSPS) is 32.9. The number of nitrogens with zero attached hydrogens (tertiary/aromatic N) is 1. The molecule has 0 aromatic carbocycles. The molecule has 6 nitrogen and oxygen atoms in total. The van der Waals surface area contributed by atoms with Crippen molar-refractivity contribution in [2.75, 3.05) is 7.11 Å². The van der Waals surface area contributed by atoms with E-state index in [0.29, 0.717) is 0 Å². The van der Waals surface area contributed by atoms with Crippen molar-refractivity contribution < 1.29 is 19.6 Å². The van der Waals surface area contributed by atoms with E-state index < -0.39 is 28.5 Å². The molecule has 1 unspecified atom stereocenters. The largest absolute Gasteiger partial charge is 0.469 e. The van der Waals surface area contributed by atoms with Gasteiger partial charge in [0.1, 0.15) is 6.10 Å². The van der Waals surface area contributed by atoms with Gasteiger partial charge in [-0.05, 0) is 6.92 Å². The van der Waals surface area contributed by atoms with Gasteiger partial charge >= 0.3 is 5.97 Å². The minimum atomic E-state index is -1.35. The number of aliphatic hydroxyl groups is 1. The van der Waals surface area contributed by atoms with Crippen molar-refractivity contribution in [3.05, 3.63) is 10.1 Å². The average molecular weight is 203 g/mol. The van der Waals surface area contributed by atoms with Gasteiger partial charge in [-0.15, -0.1) is 0 Å². The number of nitro groups is 1. The van der Waals surface area contributed by atoms with Crippen molar-refractivity contribution in [3.63, 3.8) is 0 Å². The molecule has 0 aromatic heterocycles. The van der Waals surface area contributed by atoms with E-state index in [1.54, 1.807) is 0 Å². The summed E-state index contributed by atoms with van der Waals surface area (Å²) in [6.07, 6.45) is -0.923. The Labute approximate surface area is 81.0 Å². The molecule has 1 N–H and O–H groups in total. The third-order valence-corrected chi connectivity index (χ3v) is 2.88. The van der Waals surface area contributed by atoms with Crippen LogP contribution in [0.3, 0.4) is 0 Å². The highest BCUT2D eigenvalue weighted by molar-refractivity contribution is 5.73. The van der Waals surface area contributed by atoms with Gasteiger partial charge in [0.05, 0.1) is 13.0 Å². The van der Waals surface area contributed by atoms with Crippen LogP contribution in [-0.2, 0) is 9.53 Å². The fourth-order valence-corrected chi connectivity index (χ4v) is 1.77. The molecule has 0 aromatic rings. The highest BCUT2D eigenvalue weighted by Crippen LogP contribution is 2.43. The van der Waals surface area contributed by atoms with E-state index >= 15 is 0 Å². The molecule has 0 aliphatic heterocycles. The smallest absolute Gasteiger partial charge is 0.309 e. The lowest BCUT2D eigenvalue weighted by molar-refractivity contribution is -0.601. The van der Waals surface area contributed by atoms with E-state index in [9.17, 15) is 20.0 Å². The number of methoxy groups -OCH3 is 1. The predicted molar refractivity (Wildman–Crippen MR) is 46.1 cm³/mol. The number of hydrogen-bond acceptors (Lipinski definition) is 5. The Balaban J connectivity index is 2.65.